The highest BCUT2D eigenvalue weighted by Crippen LogP contribution is 2.38. The average Bonchev–Trinajstić information content (AvgIpc) is 2.99. The minimum atomic E-state index is -4.50. The van der Waals surface area contributed by atoms with Gasteiger partial charge in [0.2, 0.25) is 0 Å². The van der Waals surface area contributed by atoms with E-state index in [2.05, 4.69) is 5.32 Å². The first-order valence-corrected chi connectivity index (χ1v) is 14.9. The SMILES string of the molecule is O=C(O)CCNC(=O)c1ccc(C(=O)C(CC(=O)c2cccc(SC(F)(F)F)c2)c2ccc(C3CCCCC3)cc2)cc1. The number of hydrogen-bond acceptors (Lipinski definition) is 5. The van der Waals surface area contributed by atoms with E-state index in [9.17, 15) is 32.3 Å². The Morgan fingerprint density at radius 1 is 0.860 bits per heavy atom. The third-order valence-corrected chi connectivity index (χ3v) is 8.29. The number of hydrogen-bond donors (Lipinski definition) is 2. The summed E-state index contributed by atoms with van der Waals surface area (Å²) in [6.07, 6.45) is 5.28. The Hall–Kier alpha value is -3.92. The van der Waals surface area contributed by atoms with Gasteiger partial charge in [-0.3, -0.25) is 19.2 Å². The molecule has 0 bridgehead atoms. The number of carboxylic acids is 1. The molecule has 3 aromatic carbocycles. The van der Waals surface area contributed by atoms with Crippen LogP contribution >= 0.6 is 11.8 Å². The van der Waals surface area contributed by atoms with Gasteiger partial charge in [-0.25, -0.2) is 0 Å². The van der Waals surface area contributed by atoms with Crippen LogP contribution in [0.4, 0.5) is 13.2 Å². The highest BCUT2D eigenvalue weighted by atomic mass is 32.2. The molecule has 1 amide bonds. The second kappa shape index (κ2) is 14.5. The molecule has 1 aliphatic carbocycles. The Morgan fingerprint density at radius 2 is 1.51 bits per heavy atom. The number of rotatable bonds is 12. The highest BCUT2D eigenvalue weighted by Gasteiger charge is 2.30. The zero-order valence-electron chi connectivity index (χ0n) is 23.4. The molecule has 0 saturated heterocycles. The number of halogens is 3. The first kappa shape index (κ1) is 32.0. The smallest absolute Gasteiger partial charge is 0.446 e. The lowest BCUT2D eigenvalue weighted by atomic mass is 9.81. The number of carbonyl (C=O) groups excluding carboxylic acids is 3. The molecular formula is C33H32F3NO5S. The number of carboxylic acid groups (broad SMARTS) is 1. The van der Waals surface area contributed by atoms with Crippen molar-refractivity contribution in [2.24, 2.45) is 0 Å². The molecule has 43 heavy (non-hydrogen) atoms. The van der Waals surface area contributed by atoms with Crippen molar-refractivity contribution in [3.8, 4) is 0 Å². The summed E-state index contributed by atoms with van der Waals surface area (Å²) in [5, 5.41) is 11.3. The van der Waals surface area contributed by atoms with E-state index >= 15 is 0 Å². The molecule has 1 fully saturated rings. The first-order valence-electron chi connectivity index (χ1n) is 14.1. The van der Waals surface area contributed by atoms with Crippen molar-refractivity contribution in [1.82, 2.24) is 5.32 Å². The van der Waals surface area contributed by atoms with Crippen molar-refractivity contribution in [3.05, 3.63) is 101 Å². The lowest BCUT2D eigenvalue weighted by molar-refractivity contribution is -0.136. The highest BCUT2D eigenvalue weighted by molar-refractivity contribution is 8.00. The van der Waals surface area contributed by atoms with Crippen LogP contribution in [-0.2, 0) is 4.79 Å². The molecule has 3 aromatic rings. The molecule has 0 aliphatic heterocycles. The zero-order chi connectivity index (χ0) is 31.0. The maximum absolute atomic E-state index is 13.8. The van der Waals surface area contributed by atoms with Gasteiger partial charge >= 0.3 is 11.5 Å². The minimum Gasteiger partial charge on any atom is -0.481 e. The standard InChI is InChI=1S/C33H32F3NO5S/c34-33(35,36)43-27-8-4-7-26(19-27)29(38)20-28(23-11-9-22(10-12-23)21-5-2-1-3-6-21)31(41)24-13-15-25(16-14-24)32(42)37-18-17-30(39)40/h4,7-16,19,21,28H,1-3,5-6,17-18,20H2,(H,37,42)(H,39,40). The quantitative estimate of drug-likeness (QED) is 0.160. The fraction of sp³-hybridized carbons (Fsp3) is 0.333. The van der Waals surface area contributed by atoms with Gasteiger partial charge in [-0.1, -0.05) is 67.8 Å². The first-order chi connectivity index (χ1) is 20.5. The van der Waals surface area contributed by atoms with E-state index in [4.69, 9.17) is 5.11 Å². The number of nitrogens with one attached hydrogen (secondary N) is 1. The van der Waals surface area contributed by atoms with Crippen LogP contribution in [0.3, 0.4) is 0 Å². The van der Waals surface area contributed by atoms with Crippen molar-refractivity contribution < 1.29 is 37.5 Å². The van der Waals surface area contributed by atoms with Crippen molar-refractivity contribution in [2.75, 3.05) is 6.54 Å². The van der Waals surface area contributed by atoms with Gasteiger partial charge in [0.1, 0.15) is 0 Å². The predicted octanol–water partition coefficient (Wildman–Crippen LogP) is 7.79. The summed E-state index contributed by atoms with van der Waals surface area (Å²) in [5.41, 5.74) is -2.12. The molecule has 226 valence electrons. The summed E-state index contributed by atoms with van der Waals surface area (Å²) in [6, 6.07) is 18.8. The summed E-state index contributed by atoms with van der Waals surface area (Å²) >= 11 is -0.305. The normalized spacial score (nSPS) is 14.6. The van der Waals surface area contributed by atoms with Crippen LogP contribution in [0.15, 0.2) is 77.7 Å². The van der Waals surface area contributed by atoms with E-state index in [1.807, 2.05) is 24.3 Å². The largest absolute Gasteiger partial charge is 0.481 e. The molecule has 0 spiro atoms. The number of alkyl halides is 3. The lowest BCUT2D eigenvalue weighted by Gasteiger charge is -2.23. The Labute approximate surface area is 252 Å². The van der Waals surface area contributed by atoms with E-state index in [1.165, 1.54) is 73.4 Å². The average molecular weight is 612 g/mol. The monoisotopic (exact) mass is 611 g/mol. The molecule has 1 atom stereocenters. The molecule has 1 unspecified atom stereocenters. The van der Waals surface area contributed by atoms with Crippen molar-refractivity contribution >= 4 is 35.2 Å². The van der Waals surface area contributed by atoms with Crippen LogP contribution < -0.4 is 5.32 Å². The van der Waals surface area contributed by atoms with E-state index < -0.39 is 29.1 Å². The number of Topliss-reactive ketones (excluding diaryl/α,β-unsaturated/α-hetero) is 2. The maximum Gasteiger partial charge on any atom is 0.446 e. The zero-order valence-corrected chi connectivity index (χ0v) is 24.2. The van der Waals surface area contributed by atoms with Crippen LogP contribution in [0, 0.1) is 0 Å². The third kappa shape index (κ3) is 9.28. The summed E-state index contributed by atoms with van der Waals surface area (Å²) in [7, 11) is 0. The van der Waals surface area contributed by atoms with Gasteiger partial charge in [0, 0.05) is 34.6 Å². The Bertz CT molecular complexity index is 1450. The molecule has 4 rings (SSSR count). The molecule has 1 aliphatic rings. The predicted molar refractivity (Wildman–Crippen MR) is 158 cm³/mol. The number of amides is 1. The number of carbonyl (C=O) groups is 4. The summed E-state index contributed by atoms with van der Waals surface area (Å²) < 4.78 is 38.8. The van der Waals surface area contributed by atoms with Gasteiger partial charge in [-0.15, -0.1) is 0 Å². The lowest BCUT2D eigenvalue weighted by Crippen LogP contribution is -2.26. The number of thioether (sulfide) groups is 1. The number of benzene rings is 3. The molecule has 1 saturated carbocycles. The van der Waals surface area contributed by atoms with Gasteiger partial charge in [0.15, 0.2) is 11.6 Å². The molecule has 0 heterocycles. The molecule has 6 nitrogen and oxygen atoms in total. The van der Waals surface area contributed by atoms with Gasteiger partial charge < -0.3 is 10.4 Å². The fourth-order valence-electron chi connectivity index (χ4n) is 5.34. The van der Waals surface area contributed by atoms with Gasteiger partial charge in [0.25, 0.3) is 5.91 Å². The molecule has 0 radical (unpaired) electrons. The molecule has 2 N–H and O–H groups in total. The summed E-state index contributed by atoms with van der Waals surface area (Å²) in [4.78, 5) is 50.1. The van der Waals surface area contributed by atoms with E-state index in [0.717, 1.165) is 12.8 Å². The van der Waals surface area contributed by atoms with Crippen LogP contribution in [-0.4, -0.2) is 40.6 Å². The second-order valence-electron chi connectivity index (χ2n) is 10.6. The number of ketones is 2. The summed E-state index contributed by atoms with van der Waals surface area (Å²) in [6.45, 7) is -0.0431. The fourth-order valence-corrected chi connectivity index (χ4v) is 5.94. The van der Waals surface area contributed by atoms with Crippen LogP contribution in [0.1, 0.15) is 99.0 Å². The minimum absolute atomic E-state index is 0.0431. The second-order valence-corrected chi connectivity index (χ2v) is 11.7. The maximum atomic E-state index is 13.8. The van der Waals surface area contributed by atoms with Crippen molar-refractivity contribution in [2.45, 2.75) is 67.2 Å². The van der Waals surface area contributed by atoms with Crippen LogP contribution in [0.5, 0.6) is 0 Å². The number of aliphatic carboxylic acids is 1. The Morgan fingerprint density at radius 3 is 2.14 bits per heavy atom. The summed E-state index contributed by atoms with van der Waals surface area (Å²) in [5.74, 6) is -2.81. The Kier molecular flexibility index (Phi) is 10.8. The molecular weight excluding hydrogens is 579 g/mol. The van der Waals surface area contributed by atoms with Gasteiger partial charge in [-0.05, 0) is 65.9 Å². The van der Waals surface area contributed by atoms with Crippen LogP contribution in [0.2, 0.25) is 0 Å². The Balaban J connectivity index is 1.57. The topological polar surface area (TPSA) is 101 Å². The van der Waals surface area contributed by atoms with Crippen molar-refractivity contribution in [1.29, 1.82) is 0 Å². The van der Waals surface area contributed by atoms with Crippen LogP contribution in [0.25, 0.3) is 0 Å². The third-order valence-electron chi connectivity index (χ3n) is 7.57. The van der Waals surface area contributed by atoms with E-state index in [-0.39, 0.29) is 58.5 Å². The molecule has 10 heteroatoms. The van der Waals surface area contributed by atoms with Gasteiger partial charge in [-0.2, -0.15) is 13.2 Å². The van der Waals surface area contributed by atoms with Gasteiger partial charge in [0.05, 0.1) is 12.3 Å². The molecule has 0 aromatic heterocycles. The van der Waals surface area contributed by atoms with E-state index in [1.54, 1.807) is 0 Å². The van der Waals surface area contributed by atoms with Crippen molar-refractivity contribution in [3.63, 3.8) is 0 Å². The van der Waals surface area contributed by atoms with E-state index in [0.29, 0.717) is 11.5 Å².